The molecule has 2 saturated heterocycles. The summed E-state index contributed by atoms with van der Waals surface area (Å²) in [4.78, 5) is 2.67. The lowest BCUT2D eigenvalue weighted by molar-refractivity contribution is 0.0398. The average molecular weight is 322 g/mol. The zero-order valence-electron chi connectivity index (χ0n) is 13.2. The van der Waals surface area contributed by atoms with Crippen LogP contribution in [0.2, 0.25) is 0 Å². The second kappa shape index (κ2) is 6.13. The second-order valence-corrected chi connectivity index (χ2v) is 8.26. The molecule has 122 valence electrons. The van der Waals surface area contributed by atoms with E-state index in [4.69, 9.17) is 0 Å². The Kier molecular flexibility index (Phi) is 4.17. The number of aliphatic hydroxyl groups is 1. The van der Waals surface area contributed by atoms with Gasteiger partial charge in [0.15, 0.2) is 0 Å². The molecule has 22 heavy (non-hydrogen) atoms. The van der Waals surface area contributed by atoms with Crippen molar-refractivity contribution in [1.82, 2.24) is 19.9 Å². The molecule has 0 bridgehead atoms. The van der Waals surface area contributed by atoms with Crippen LogP contribution in [0.15, 0.2) is 6.20 Å². The van der Waals surface area contributed by atoms with Crippen molar-refractivity contribution < 1.29 is 5.11 Å². The standard InChI is InChI=1S/C16H26N4OS/c21-16(6-1-2-7-16)15-11-20(18-17-15)13-3-8-19(9-4-13)14-5-10-22-12-14/h11,13-14,21H,1-10,12H2. The van der Waals surface area contributed by atoms with E-state index in [2.05, 4.69) is 27.0 Å². The fourth-order valence-electron chi connectivity index (χ4n) is 4.21. The van der Waals surface area contributed by atoms with E-state index >= 15 is 0 Å². The van der Waals surface area contributed by atoms with Gasteiger partial charge in [0.1, 0.15) is 11.3 Å². The van der Waals surface area contributed by atoms with Crippen molar-refractivity contribution in [3.05, 3.63) is 11.9 Å². The van der Waals surface area contributed by atoms with Gasteiger partial charge in [0.25, 0.3) is 0 Å². The highest BCUT2D eigenvalue weighted by molar-refractivity contribution is 7.99. The highest BCUT2D eigenvalue weighted by Crippen LogP contribution is 2.38. The van der Waals surface area contributed by atoms with Crippen molar-refractivity contribution in [2.45, 2.75) is 62.6 Å². The van der Waals surface area contributed by atoms with E-state index in [1.807, 2.05) is 10.9 Å². The van der Waals surface area contributed by atoms with Gasteiger partial charge in [-0.1, -0.05) is 18.1 Å². The summed E-state index contributed by atoms with van der Waals surface area (Å²) in [7, 11) is 0. The Balaban J connectivity index is 1.38. The summed E-state index contributed by atoms with van der Waals surface area (Å²) < 4.78 is 2.02. The van der Waals surface area contributed by atoms with Gasteiger partial charge in [-0.3, -0.25) is 4.90 Å². The van der Waals surface area contributed by atoms with Gasteiger partial charge >= 0.3 is 0 Å². The maximum Gasteiger partial charge on any atom is 0.114 e. The molecule has 1 aromatic rings. The molecule has 1 aromatic heterocycles. The van der Waals surface area contributed by atoms with Crippen LogP contribution in [0.5, 0.6) is 0 Å². The number of aromatic nitrogens is 3. The maximum atomic E-state index is 10.6. The number of rotatable bonds is 3. The fourth-order valence-corrected chi connectivity index (χ4v) is 5.46. The van der Waals surface area contributed by atoms with E-state index < -0.39 is 5.60 Å². The third kappa shape index (κ3) is 2.81. The van der Waals surface area contributed by atoms with Gasteiger partial charge in [0, 0.05) is 24.9 Å². The predicted octanol–water partition coefficient (Wildman–Crippen LogP) is 2.18. The summed E-state index contributed by atoms with van der Waals surface area (Å²) in [5, 5.41) is 19.3. The minimum absolute atomic E-state index is 0.455. The Bertz CT molecular complexity index is 500. The third-order valence-corrected chi connectivity index (χ3v) is 6.86. The Morgan fingerprint density at radius 1 is 1.14 bits per heavy atom. The van der Waals surface area contributed by atoms with E-state index in [9.17, 15) is 5.11 Å². The zero-order chi connectivity index (χ0) is 15.0. The smallest absolute Gasteiger partial charge is 0.114 e. The normalized spacial score (nSPS) is 30.1. The topological polar surface area (TPSA) is 54.2 Å². The van der Waals surface area contributed by atoms with Crippen LogP contribution in [-0.4, -0.2) is 55.6 Å². The van der Waals surface area contributed by atoms with Crippen LogP contribution in [-0.2, 0) is 5.60 Å². The van der Waals surface area contributed by atoms with Gasteiger partial charge in [-0.15, -0.1) is 5.10 Å². The number of hydrogen-bond donors (Lipinski definition) is 1. The van der Waals surface area contributed by atoms with Gasteiger partial charge in [-0.25, -0.2) is 4.68 Å². The number of thioether (sulfide) groups is 1. The van der Waals surface area contributed by atoms with Crippen molar-refractivity contribution in [1.29, 1.82) is 0 Å². The number of nitrogens with zero attached hydrogens (tertiary/aromatic N) is 4. The van der Waals surface area contributed by atoms with Crippen LogP contribution in [0.4, 0.5) is 0 Å². The molecule has 3 aliphatic rings. The molecular formula is C16H26N4OS. The zero-order valence-corrected chi connectivity index (χ0v) is 14.0. The first-order valence-electron chi connectivity index (χ1n) is 8.71. The van der Waals surface area contributed by atoms with Gasteiger partial charge in [-0.05, 0) is 37.9 Å². The fraction of sp³-hybridized carbons (Fsp3) is 0.875. The van der Waals surface area contributed by atoms with Gasteiger partial charge in [-0.2, -0.15) is 11.8 Å². The first-order valence-corrected chi connectivity index (χ1v) is 9.87. The molecule has 1 unspecified atom stereocenters. The maximum absolute atomic E-state index is 10.6. The van der Waals surface area contributed by atoms with E-state index in [0.717, 1.165) is 50.3 Å². The second-order valence-electron chi connectivity index (χ2n) is 7.11. The Labute approximate surface area is 136 Å². The van der Waals surface area contributed by atoms with E-state index in [0.29, 0.717) is 6.04 Å². The molecule has 1 aliphatic carbocycles. The van der Waals surface area contributed by atoms with Gasteiger partial charge < -0.3 is 5.11 Å². The molecular weight excluding hydrogens is 296 g/mol. The van der Waals surface area contributed by atoms with E-state index in [1.165, 1.54) is 31.0 Å². The molecule has 4 rings (SSSR count). The summed E-state index contributed by atoms with van der Waals surface area (Å²) in [5.41, 5.74) is 0.0830. The van der Waals surface area contributed by atoms with Crippen LogP contribution in [0.1, 0.15) is 56.7 Å². The lowest BCUT2D eigenvalue weighted by Crippen LogP contribution is -2.42. The van der Waals surface area contributed by atoms with E-state index in [1.54, 1.807) is 0 Å². The number of piperidine rings is 1. The van der Waals surface area contributed by atoms with Crippen LogP contribution < -0.4 is 0 Å². The van der Waals surface area contributed by atoms with E-state index in [-0.39, 0.29) is 0 Å². The van der Waals surface area contributed by atoms with Crippen LogP contribution in [0, 0.1) is 0 Å². The monoisotopic (exact) mass is 322 g/mol. The highest BCUT2D eigenvalue weighted by Gasteiger charge is 2.36. The van der Waals surface area contributed by atoms with Crippen molar-refractivity contribution in [2.75, 3.05) is 24.6 Å². The number of hydrogen-bond acceptors (Lipinski definition) is 5. The molecule has 0 spiro atoms. The summed E-state index contributed by atoms with van der Waals surface area (Å²) >= 11 is 2.09. The van der Waals surface area contributed by atoms with Crippen molar-refractivity contribution in [2.24, 2.45) is 0 Å². The van der Waals surface area contributed by atoms with Crippen LogP contribution in [0.3, 0.4) is 0 Å². The molecule has 1 N–H and O–H groups in total. The minimum Gasteiger partial charge on any atom is -0.383 e. The summed E-state index contributed by atoms with van der Waals surface area (Å²) in [5.74, 6) is 2.64. The van der Waals surface area contributed by atoms with Crippen LogP contribution in [0.25, 0.3) is 0 Å². The summed E-state index contributed by atoms with van der Waals surface area (Å²) in [6.45, 7) is 2.35. The first kappa shape index (κ1) is 15.0. The molecule has 1 saturated carbocycles. The quantitative estimate of drug-likeness (QED) is 0.924. The molecule has 0 amide bonds. The summed E-state index contributed by atoms with van der Waals surface area (Å²) in [6.07, 6.45) is 9.55. The predicted molar refractivity (Wildman–Crippen MR) is 88.0 cm³/mol. The minimum atomic E-state index is -0.708. The lowest BCUT2D eigenvalue weighted by Gasteiger charge is -2.35. The third-order valence-electron chi connectivity index (χ3n) is 5.71. The van der Waals surface area contributed by atoms with Crippen molar-refractivity contribution in [3.63, 3.8) is 0 Å². The molecule has 3 heterocycles. The Morgan fingerprint density at radius 2 is 1.91 bits per heavy atom. The van der Waals surface area contributed by atoms with Crippen molar-refractivity contribution in [3.8, 4) is 0 Å². The molecule has 1 atom stereocenters. The molecule has 3 fully saturated rings. The van der Waals surface area contributed by atoms with Gasteiger partial charge in [0.05, 0.1) is 12.2 Å². The number of likely N-dealkylation sites (tertiary alicyclic amines) is 1. The molecule has 0 aromatic carbocycles. The van der Waals surface area contributed by atoms with Gasteiger partial charge in [0.2, 0.25) is 0 Å². The van der Waals surface area contributed by atoms with Crippen LogP contribution >= 0.6 is 11.8 Å². The average Bonchev–Trinajstić information content (AvgIpc) is 3.29. The Hall–Kier alpha value is -0.590. The Morgan fingerprint density at radius 3 is 2.59 bits per heavy atom. The highest BCUT2D eigenvalue weighted by atomic mass is 32.2. The lowest BCUT2D eigenvalue weighted by atomic mass is 9.98. The molecule has 2 aliphatic heterocycles. The molecule has 6 heteroatoms. The molecule has 5 nitrogen and oxygen atoms in total. The molecule has 0 radical (unpaired) electrons. The largest absolute Gasteiger partial charge is 0.383 e. The SMILES string of the molecule is OC1(c2cn(C3CCN(C4CCSC4)CC3)nn2)CCCC1. The summed E-state index contributed by atoms with van der Waals surface area (Å²) in [6, 6.07) is 1.26. The van der Waals surface area contributed by atoms with Crippen molar-refractivity contribution >= 4 is 11.8 Å². The first-order chi connectivity index (χ1) is 10.7.